The summed E-state index contributed by atoms with van der Waals surface area (Å²) in [5.74, 6) is 2.38. The van der Waals surface area contributed by atoms with Crippen LogP contribution < -0.4 is 9.47 Å². The summed E-state index contributed by atoms with van der Waals surface area (Å²) in [4.78, 5) is 0. The monoisotopic (exact) mass is 386 g/mol. The molecule has 154 valence electrons. The Labute approximate surface area is 169 Å². The predicted molar refractivity (Wildman–Crippen MR) is 113 cm³/mol. The molecule has 0 bridgehead atoms. The van der Waals surface area contributed by atoms with Crippen molar-refractivity contribution in [2.45, 2.75) is 64.6 Å². The lowest BCUT2D eigenvalue weighted by atomic mass is 9.99. The van der Waals surface area contributed by atoms with Crippen LogP contribution >= 0.6 is 0 Å². The number of aliphatic hydroxyl groups excluding tert-OH is 2. The molecule has 0 saturated heterocycles. The number of ether oxygens (including phenoxy) is 2. The predicted octanol–water partition coefficient (Wildman–Crippen LogP) is 4.89. The highest BCUT2D eigenvalue weighted by Crippen LogP contribution is 2.23. The van der Waals surface area contributed by atoms with E-state index in [9.17, 15) is 10.2 Å². The third-order valence-corrected chi connectivity index (χ3v) is 5.41. The third-order valence-electron chi connectivity index (χ3n) is 5.41. The van der Waals surface area contributed by atoms with E-state index in [0.717, 1.165) is 12.8 Å². The lowest BCUT2D eigenvalue weighted by molar-refractivity contribution is -0.0288. The van der Waals surface area contributed by atoms with E-state index in [4.69, 9.17) is 9.47 Å². The first-order valence-corrected chi connectivity index (χ1v) is 10.3. The molecule has 0 aliphatic rings. The Morgan fingerprint density at radius 2 is 0.964 bits per heavy atom. The fourth-order valence-electron chi connectivity index (χ4n) is 2.84. The van der Waals surface area contributed by atoms with Gasteiger partial charge < -0.3 is 19.7 Å². The van der Waals surface area contributed by atoms with Gasteiger partial charge in [-0.15, -0.1) is 0 Å². The van der Waals surface area contributed by atoms with Crippen molar-refractivity contribution in [3.8, 4) is 11.5 Å². The fourth-order valence-corrected chi connectivity index (χ4v) is 2.84. The second kappa shape index (κ2) is 11.1. The van der Waals surface area contributed by atoms with Crippen molar-refractivity contribution < 1.29 is 19.7 Å². The van der Waals surface area contributed by atoms with Crippen LogP contribution in [0.5, 0.6) is 11.5 Å². The van der Waals surface area contributed by atoms with Crippen LogP contribution in [0, 0.1) is 0 Å². The summed E-state index contributed by atoms with van der Waals surface area (Å²) in [7, 11) is 0. The molecule has 28 heavy (non-hydrogen) atoms. The molecule has 2 rings (SSSR count). The zero-order chi connectivity index (χ0) is 20.5. The second-order valence-electron chi connectivity index (χ2n) is 7.51. The van der Waals surface area contributed by atoms with Gasteiger partial charge in [0.15, 0.2) is 0 Å². The first kappa shape index (κ1) is 22.3. The number of benzene rings is 2. The molecular weight excluding hydrogens is 352 g/mol. The van der Waals surface area contributed by atoms with Gasteiger partial charge in [-0.1, -0.05) is 52.0 Å². The molecule has 0 aliphatic heterocycles. The highest BCUT2D eigenvalue weighted by atomic mass is 16.5. The van der Waals surface area contributed by atoms with Crippen molar-refractivity contribution in [2.24, 2.45) is 0 Å². The van der Waals surface area contributed by atoms with E-state index in [1.54, 1.807) is 0 Å². The summed E-state index contributed by atoms with van der Waals surface area (Å²) in [6, 6.07) is 15.8. The molecule has 2 N–H and O–H groups in total. The Morgan fingerprint density at radius 3 is 1.25 bits per heavy atom. The van der Waals surface area contributed by atoms with E-state index in [1.807, 2.05) is 48.5 Å². The Bertz CT molecular complexity index is 619. The van der Waals surface area contributed by atoms with E-state index < -0.39 is 12.2 Å². The standard InChI is InChI=1S/C24H34O4/c1-5-17(3)19-7-11-21(12-8-19)27-15-23(25)24(26)16-28-22-13-9-20(10-14-22)18(4)6-2/h7-14,17-18,23-26H,5-6,15-16H2,1-4H3. The molecular formula is C24H34O4. The molecule has 4 unspecified atom stereocenters. The Hall–Kier alpha value is -2.04. The van der Waals surface area contributed by atoms with Crippen molar-refractivity contribution in [1.82, 2.24) is 0 Å². The van der Waals surface area contributed by atoms with Crippen molar-refractivity contribution in [3.05, 3.63) is 59.7 Å². The summed E-state index contributed by atoms with van der Waals surface area (Å²) in [5, 5.41) is 20.3. The SMILES string of the molecule is CCC(C)c1ccc(OCC(O)C(O)COc2ccc(C(C)CC)cc2)cc1. The average Bonchev–Trinajstić information content (AvgIpc) is 2.75. The van der Waals surface area contributed by atoms with Crippen LogP contribution in [0.3, 0.4) is 0 Å². The van der Waals surface area contributed by atoms with Crippen LogP contribution in [0.2, 0.25) is 0 Å². The van der Waals surface area contributed by atoms with Gasteiger partial charge in [0.2, 0.25) is 0 Å². The van der Waals surface area contributed by atoms with E-state index in [0.29, 0.717) is 23.3 Å². The Balaban J connectivity index is 1.77. The lowest BCUT2D eigenvalue weighted by Crippen LogP contribution is -2.36. The molecule has 0 amide bonds. The largest absolute Gasteiger partial charge is 0.491 e. The molecule has 4 heteroatoms. The summed E-state index contributed by atoms with van der Waals surface area (Å²) in [6.45, 7) is 8.73. The Morgan fingerprint density at radius 1 is 0.643 bits per heavy atom. The topological polar surface area (TPSA) is 58.9 Å². The molecule has 2 aromatic carbocycles. The molecule has 2 aromatic rings. The van der Waals surface area contributed by atoms with E-state index in [1.165, 1.54) is 11.1 Å². The molecule has 0 radical (unpaired) electrons. The second-order valence-corrected chi connectivity index (χ2v) is 7.51. The van der Waals surface area contributed by atoms with E-state index in [-0.39, 0.29) is 13.2 Å². The summed E-state index contributed by atoms with van der Waals surface area (Å²) < 4.78 is 11.2. The minimum absolute atomic E-state index is 0.0140. The zero-order valence-corrected chi connectivity index (χ0v) is 17.5. The molecule has 0 heterocycles. The molecule has 0 spiro atoms. The smallest absolute Gasteiger partial charge is 0.119 e. The number of aliphatic hydroxyl groups is 2. The van der Waals surface area contributed by atoms with Crippen molar-refractivity contribution in [1.29, 1.82) is 0 Å². The highest BCUT2D eigenvalue weighted by Gasteiger charge is 2.18. The van der Waals surface area contributed by atoms with Crippen molar-refractivity contribution in [3.63, 3.8) is 0 Å². The number of rotatable bonds is 11. The summed E-state index contributed by atoms with van der Waals surface area (Å²) in [5.41, 5.74) is 2.53. The van der Waals surface area contributed by atoms with Gasteiger partial charge >= 0.3 is 0 Å². The average molecular weight is 387 g/mol. The fraction of sp³-hybridized carbons (Fsp3) is 0.500. The van der Waals surface area contributed by atoms with Gasteiger partial charge in [-0.2, -0.15) is 0 Å². The molecule has 0 saturated carbocycles. The normalized spacial score (nSPS) is 15.5. The zero-order valence-electron chi connectivity index (χ0n) is 17.5. The minimum Gasteiger partial charge on any atom is -0.491 e. The maximum atomic E-state index is 10.1. The van der Waals surface area contributed by atoms with Gasteiger partial charge in [0.05, 0.1) is 0 Å². The molecule has 4 nitrogen and oxygen atoms in total. The number of hydrogen-bond donors (Lipinski definition) is 2. The maximum absolute atomic E-state index is 10.1. The molecule has 0 aliphatic carbocycles. The van der Waals surface area contributed by atoms with Gasteiger partial charge in [-0.3, -0.25) is 0 Å². The highest BCUT2D eigenvalue weighted by molar-refractivity contribution is 5.30. The minimum atomic E-state index is -1.02. The van der Waals surface area contributed by atoms with Crippen LogP contribution in [-0.2, 0) is 0 Å². The summed E-state index contributed by atoms with van der Waals surface area (Å²) >= 11 is 0. The lowest BCUT2D eigenvalue weighted by Gasteiger charge is -2.19. The van der Waals surface area contributed by atoms with Crippen molar-refractivity contribution >= 4 is 0 Å². The van der Waals surface area contributed by atoms with Gasteiger partial charge in [-0.05, 0) is 60.1 Å². The maximum Gasteiger partial charge on any atom is 0.119 e. The molecule has 0 fully saturated rings. The van der Waals surface area contributed by atoms with Crippen LogP contribution in [0.1, 0.15) is 63.5 Å². The van der Waals surface area contributed by atoms with Gasteiger partial charge in [0, 0.05) is 0 Å². The van der Waals surface area contributed by atoms with Crippen LogP contribution in [0.25, 0.3) is 0 Å². The molecule has 4 atom stereocenters. The van der Waals surface area contributed by atoms with Crippen LogP contribution in [0.15, 0.2) is 48.5 Å². The van der Waals surface area contributed by atoms with Gasteiger partial charge in [0.1, 0.15) is 36.9 Å². The van der Waals surface area contributed by atoms with Crippen LogP contribution in [-0.4, -0.2) is 35.6 Å². The van der Waals surface area contributed by atoms with Gasteiger partial charge in [0.25, 0.3) is 0 Å². The van der Waals surface area contributed by atoms with Crippen molar-refractivity contribution in [2.75, 3.05) is 13.2 Å². The molecule has 0 aromatic heterocycles. The van der Waals surface area contributed by atoms with E-state index >= 15 is 0 Å². The Kier molecular flexibility index (Phi) is 8.81. The van der Waals surface area contributed by atoms with E-state index in [2.05, 4.69) is 27.7 Å². The first-order chi connectivity index (χ1) is 13.4. The first-order valence-electron chi connectivity index (χ1n) is 10.3. The van der Waals surface area contributed by atoms with Gasteiger partial charge in [-0.25, -0.2) is 0 Å². The third kappa shape index (κ3) is 6.54. The summed E-state index contributed by atoms with van der Waals surface area (Å²) in [6.07, 6.45) is 0.138. The quantitative estimate of drug-likeness (QED) is 0.577. The number of hydrogen-bond acceptors (Lipinski definition) is 4. The van der Waals surface area contributed by atoms with Crippen LogP contribution in [0.4, 0.5) is 0 Å².